The molecule has 0 aromatic heterocycles. The Hall–Kier alpha value is -2.83. The predicted molar refractivity (Wildman–Crippen MR) is 96.1 cm³/mol. The van der Waals surface area contributed by atoms with E-state index < -0.39 is 0 Å². The number of para-hydroxylation sites is 2. The van der Waals surface area contributed by atoms with Gasteiger partial charge >= 0.3 is 0 Å². The number of rotatable bonds is 5. The Balaban J connectivity index is 1.31. The number of allylic oxidation sites excluding steroid dienone is 2. The van der Waals surface area contributed by atoms with E-state index in [2.05, 4.69) is 0 Å². The minimum absolute atomic E-state index is 0.0864. The van der Waals surface area contributed by atoms with Crippen LogP contribution in [-0.4, -0.2) is 60.4 Å². The van der Waals surface area contributed by atoms with Crippen molar-refractivity contribution in [3.05, 3.63) is 36.4 Å². The first kappa shape index (κ1) is 17.6. The smallest absolute Gasteiger partial charge is 0.260 e. The molecule has 2 heterocycles. The molecule has 1 aromatic rings. The minimum atomic E-state index is -0.221. The van der Waals surface area contributed by atoms with Gasteiger partial charge in [-0.2, -0.15) is 0 Å². The Morgan fingerprint density at radius 2 is 1.63 bits per heavy atom. The summed E-state index contributed by atoms with van der Waals surface area (Å²) in [6, 6.07) is 6.91. The van der Waals surface area contributed by atoms with Crippen LogP contribution in [0.4, 0.5) is 0 Å². The number of hydrogen-bond acceptors (Lipinski definition) is 5. The lowest BCUT2D eigenvalue weighted by Crippen LogP contribution is -2.63. The lowest BCUT2D eigenvalue weighted by Gasteiger charge is -2.43. The topological polar surface area (TPSA) is 76.2 Å². The fourth-order valence-corrected chi connectivity index (χ4v) is 3.98. The van der Waals surface area contributed by atoms with Gasteiger partial charge in [-0.1, -0.05) is 24.3 Å². The fourth-order valence-electron chi connectivity index (χ4n) is 3.98. The second-order valence-electron chi connectivity index (χ2n) is 7.09. The molecule has 3 amide bonds. The molecule has 0 spiro atoms. The molecule has 1 aliphatic carbocycles. The SMILES string of the molecule is COc1ccccc1OCC(=O)N1CC(N2C(=O)C3CC=CCC3C2=O)C1. The molecular formula is C20H22N2O5. The van der Waals surface area contributed by atoms with Crippen molar-refractivity contribution in [1.82, 2.24) is 9.80 Å². The van der Waals surface area contributed by atoms with Gasteiger partial charge < -0.3 is 14.4 Å². The summed E-state index contributed by atoms with van der Waals surface area (Å²) in [5, 5.41) is 0. The normalized spacial score (nSPS) is 24.6. The highest BCUT2D eigenvalue weighted by Gasteiger charge is 2.52. The lowest BCUT2D eigenvalue weighted by molar-refractivity contribution is -0.153. The van der Waals surface area contributed by atoms with Crippen LogP contribution < -0.4 is 9.47 Å². The summed E-state index contributed by atoms with van der Waals surface area (Å²) in [4.78, 5) is 40.5. The molecule has 1 aromatic carbocycles. The van der Waals surface area contributed by atoms with Crippen LogP contribution in [0, 0.1) is 11.8 Å². The van der Waals surface area contributed by atoms with Gasteiger partial charge in [-0.15, -0.1) is 0 Å². The zero-order valence-electron chi connectivity index (χ0n) is 15.2. The van der Waals surface area contributed by atoms with Crippen molar-refractivity contribution < 1.29 is 23.9 Å². The molecule has 0 N–H and O–H groups in total. The van der Waals surface area contributed by atoms with Crippen molar-refractivity contribution in [2.45, 2.75) is 18.9 Å². The Kier molecular flexibility index (Phi) is 4.59. The zero-order valence-corrected chi connectivity index (χ0v) is 15.2. The molecule has 7 nitrogen and oxygen atoms in total. The predicted octanol–water partition coefficient (Wildman–Crippen LogP) is 1.24. The molecular weight excluding hydrogens is 348 g/mol. The number of nitrogens with zero attached hydrogens (tertiary/aromatic N) is 2. The summed E-state index contributed by atoms with van der Waals surface area (Å²) >= 11 is 0. The van der Waals surface area contributed by atoms with Crippen LogP contribution in [-0.2, 0) is 14.4 Å². The Bertz CT molecular complexity index is 773. The van der Waals surface area contributed by atoms with Gasteiger partial charge in [-0.25, -0.2) is 0 Å². The average Bonchev–Trinajstić information content (AvgIpc) is 2.91. The van der Waals surface area contributed by atoms with E-state index in [9.17, 15) is 14.4 Å². The molecule has 2 aliphatic heterocycles. The van der Waals surface area contributed by atoms with Gasteiger partial charge in [0.15, 0.2) is 18.1 Å². The highest BCUT2D eigenvalue weighted by atomic mass is 16.5. The molecule has 2 unspecified atom stereocenters. The van der Waals surface area contributed by atoms with Crippen molar-refractivity contribution in [3.63, 3.8) is 0 Å². The van der Waals surface area contributed by atoms with E-state index >= 15 is 0 Å². The van der Waals surface area contributed by atoms with Crippen molar-refractivity contribution in [2.24, 2.45) is 11.8 Å². The first-order valence-electron chi connectivity index (χ1n) is 9.15. The third-order valence-corrected chi connectivity index (χ3v) is 5.54. The largest absolute Gasteiger partial charge is 0.493 e. The molecule has 2 fully saturated rings. The van der Waals surface area contributed by atoms with Gasteiger partial charge in [-0.3, -0.25) is 19.3 Å². The molecule has 0 bridgehead atoms. The van der Waals surface area contributed by atoms with E-state index in [4.69, 9.17) is 9.47 Å². The van der Waals surface area contributed by atoms with Gasteiger partial charge in [0.2, 0.25) is 11.8 Å². The van der Waals surface area contributed by atoms with Gasteiger partial charge in [0.05, 0.1) is 25.0 Å². The molecule has 0 radical (unpaired) electrons. The summed E-state index contributed by atoms with van der Waals surface area (Å²) in [7, 11) is 1.54. The standard InChI is InChI=1S/C20H22N2O5/c1-26-16-8-4-5-9-17(16)27-12-18(23)21-10-13(11-21)22-19(24)14-6-2-3-7-15(14)20(22)25/h2-5,8-9,13-15H,6-7,10-12H2,1H3. The van der Waals surface area contributed by atoms with Crippen LogP contribution in [0.3, 0.4) is 0 Å². The number of amides is 3. The quantitative estimate of drug-likeness (QED) is 0.576. The summed E-state index contributed by atoms with van der Waals surface area (Å²) < 4.78 is 10.8. The Morgan fingerprint density at radius 1 is 1.04 bits per heavy atom. The maximum Gasteiger partial charge on any atom is 0.260 e. The van der Waals surface area contributed by atoms with Crippen LogP contribution in [0.5, 0.6) is 11.5 Å². The molecule has 3 aliphatic rings. The number of fused-ring (bicyclic) bond motifs is 1. The highest BCUT2D eigenvalue weighted by Crippen LogP contribution is 2.37. The van der Waals surface area contributed by atoms with Crippen molar-refractivity contribution in [2.75, 3.05) is 26.8 Å². The van der Waals surface area contributed by atoms with Crippen LogP contribution in [0.2, 0.25) is 0 Å². The number of likely N-dealkylation sites (tertiary alicyclic amines) is 2. The van der Waals surface area contributed by atoms with Gasteiger partial charge in [0.1, 0.15) is 0 Å². The monoisotopic (exact) mass is 370 g/mol. The highest BCUT2D eigenvalue weighted by molar-refractivity contribution is 6.06. The van der Waals surface area contributed by atoms with Gasteiger partial charge in [-0.05, 0) is 25.0 Å². The number of imide groups is 1. The number of ether oxygens (including phenoxy) is 2. The first-order chi connectivity index (χ1) is 13.1. The van der Waals surface area contributed by atoms with Gasteiger partial charge in [0, 0.05) is 13.1 Å². The molecule has 27 heavy (non-hydrogen) atoms. The number of hydrogen-bond donors (Lipinski definition) is 0. The van der Waals surface area contributed by atoms with Crippen molar-refractivity contribution >= 4 is 17.7 Å². The number of benzene rings is 1. The van der Waals surface area contributed by atoms with Crippen LogP contribution in [0.15, 0.2) is 36.4 Å². The molecule has 142 valence electrons. The molecule has 2 atom stereocenters. The number of carbonyl (C=O) groups is 3. The summed E-state index contributed by atoms with van der Waals surface area (Å²) in [6.45, 7) is 0.640. The maximum absolute atomic E-state index is 12.6. The first-order valence-corrected chi connectivity index (χ1v) is 9.15. The van der Waals surface area contributed by atoms with Crippen molar-refractivity contribution in [3.8, 4) is 11.5 Å². The van der Waals surface area contributed by atoms with Crippen LogP contribution in [0.1, 0.15) is 12.8 Å². The molecule has 4 rings (SSSR count). The number of carbonyl (C=O) groups excluding carboxylic acids is 3. The second-order valence-corrected chi connectivity index (χ2v) is 7.09. The third-order valence-electron chi connectivity index (χ3n) is 5.54. The Labute approximate surface area is 157 Å². The van der Waals surface area contributed by atoms with E-state index in [1.54, 1.807) is 30.2 Å². The third kappa shape index (κ3) is 3.07. The van der Waals surface area contributed by atoms with E-state index in [0.717, 1.165) is 0 Å². The van der Waals surface area contributed by atoms with E-state index in [0.29, 0.717) is 37.4 Å². The zero-order chi connectivity index (χ0) is 19.0. The average molecular weight is 370 g/mol. The summed E-state index contributed by atoms with van der Waals surface area (Å²) in [5.74, 6) is 0.286. The van der Waals surface area contributed by atoms with E-state index in [1.807, 2.05) is 18.2 Å². The van der Waals surface area contributed by atoms with E-state index in [1.165, 1.54) is 4.90 Å². The van der Waals surface area contributed by atoms with E-state index in [-0.39, 0.29) is 42.2 Å². The molecule has 0 saturated carbocycles. The Morgan fingerprint density at radius 3 is 2.22 bits per heavy atom. The van der Waals surface area contributed by atoms with Crippen LogP contribution >= 0.6 is 0 Å². The molecule has 7 heteroatoms. The summed E-state index contributed by atoms with van der Waals surface area (Å²) in [6.07, 6.45) is 5.21. The fraction of sp³-hybridized carbons (Fsp3) is 0.450. The minimum Gasteiger partial charge on any atom is -0.493 e. The molecule has 2 saturated heterocycles. The number of methoxy groups -OCH3 is 1. The maximum atomic E-state index is 12.6. The summed E-state index contributed by atoms with van der Waals surface area (Å²) in [5.41, 5.74) is 0. The lowest BCUT2D eigenvalue weighted by atomic mass is 9.85. The van der Waals surface area contributed by atoms with Crippen LogP contribution in [0.25, 0.3) is 0 Å². The second kappa shape index (κ2) is 7.06. The van der Waals surface area contributed by atoms with Crippen molar-refractivity contribution in [1.29, 1.82) is 0 Å². The van der Waals surface area contributed by atoms with Gasteiger partial charge in [0.25, 0.3) is 5.91 Å².